The molecule has 1 amide bonds. The third-order valence-corrected chi connectivity index (χ3v) is 5.00. The number of rotatable bonds is 9. The van der Waals surface area contributed by atoms with Gasteiger partial charge in [0.05, 0.1) is 18.4 Å². The normalized spacial score (nSPS) is 16.9. The Hall–Kier alpha value is -1.93. The van der Waals surface area contributed by atoms with Gasteiger partial charge in [-0.05, 0) is 41.7 Å². The zero-order chi connectivity index (χ0) is 17.3. The average Bonchev–Trinajstić information content (AvgIpc) is 3.30. The number of carbonyl (C=O) groups is 1. The summed E-state index contributed by atoms with van der Waals surface area (Å²) in [5.74, 6) is 0.321. The number of aryl methyl sites for hydroxylation is 1. The van der Waals surface area contributed by atoms with Gasteiger partial charge in [0.2, 0.25) is 11.1 Å². The first-order valence-corrected chi connectivity index (χ1v) is 9.61. The molecular formula is C17H23N5O2S. The minimum atomic E-state index is 0.00438. The maximum absolute atomic E-state index is 12.0. The van der Waals surface area contributed by atoms with Gasteiger partial charge in [-0.2, -0.15) is 0 Å². The molecule has 1 aromatic heterocycles. The van der Waals surface area contributed by atoms with Gasteiger partial charge in [0.15, 0.2) is 0 Å². The van der Waals surface area contributed by atoms with Crippen LogP contribution in [-0.2, 0) is 22.5 Å². The van der Waals surface area contributed by atoms with Crippen molar-refractivity contribution in [3.8, 4) is 0 Å². The van der Waals surface area contributed by atoms with Crippen LogP contribution in [0.15, 0.2) is 35.5 Å². The first-order chi connectivity index (χ1) is 12.3. The molecule has 3 rings (SSSR count). The number of aromatic nitrogens is 4. The van der Waals surface area contributed by atoms with Crippen LogP contribution in [0.5, 0.6) is 0 Å². The lowest BCUT2D eigenvalue weighted by Gasteiger charge is -2.10. The maximum Gasteiger partial charge on any atom is 0.230 e. The third-order valence-electron chi connectivity index (χ3n) is 4.04. The predicted octanol–water partition coefficient (Wildman–Crippen LogP) is 1.69. The van der Waals surface area contributed by atoms with Gasteiger partial charge in [0, 0.05) is 13.2 Å². The van der Waals surface area contributed by atoms with Gasteiger partial charge < -0.3 is 10.1 Å². The van der Waals surface area contributed by atoms with E-state index in [0.717, 1.165) is 32.3 Å². The molecule has 7 nitrogen and oxygen atoms in total. The molecule has 0 aliphatic carbocycles. The summed E-state index contributed by atoms with van der Waals surface area (Å²) < 4.78 is 7.33. The number of benzene rings is 1. The minimum absolute atomic E-state index is 0.00438. The highest BCUT2D eigenvalue weighted by Gasteiger charge is 2.19. The SMILES string of the molecule is O=C(CSc1nnnn1CC1CCCO1)NCCCc1ccccc1. The van der Waals surface area contributed by atoms with Gasteiger partial charge in [-0.25, -0.2) is 4.68 Å². The topological polar surface area (TPSA) is 81.9 Å². The van der Waals surface area contributed by atoms with Crippen LogP contribution in [0.4, 0.5) is 0 Å². The van der Waals surface area contributed by atoms with Gasteiger partial charge in [0.1, 0.15) is 0 Å². The number of nitrogens with one attached hydrogen (secondary N) is 1. The van der Waals surface area contributed by atoms with Gasteiger partial charge >= 0.3 is 0 Å². The Balaban J connectivity index is 1.34. The molecule has 25 heavy (non-hydrogen) atoms. The second-order valence-electron chi connectivity index (χ2n) is 6.01. The molecule has 0 spiro atoms. The van der Waals surface area contributed by atoms with Crippen LogP contribution >= 0.6 is 11.8 Å². The first kappa shape index (κ1) is 17.9. The van der Waals surface area contributed by atoms with Crippen molar-refractivity contribution in [1.82, 2.24) is 25.5 Å². The van der Waals surface area contributed by atoms with Crippen molar-refractivity contribution >= 4 is 17.7 Å². The van der Waals surface area contributed by atoms with Crippen molar-refractivity contribution in [2.24, 2.45) is 0 Å². The Morgan fingerprint density at radius 1 is 1.36 bits per heavy atom. The highest BCUT2D eigenvalue weighted by atomic mass is 32.2. The Bertz CT molecular complexity index is 658. The van der Waals surface area contributed by atoms with Crippen molar-refractivity contribution in [1.29, 1.82) is 0 Å². The van der Waals surface area contributed by atoms with E-state index in [1.807, 2.05) is 18.2 Å². The molecule has 2 aromatic rings. The van der Waals surface area contributed by atoms with Crippen LogP contribution in [0, 0.1) is 0 Å². The number of amides is 1. The quantitative estimate of drug-likeness (QED) is 0.541. The molecular weight excluding hydrogens is 338 g/mol. The fourth-order valence-corrected chi connectivity index (χ4v) is 3.46. The first-order valence-electron chi connectivity index (χ1n) is 8.62. The molecule has 0 radical (unpaired) electrons. The Labute approximate surface area is 151 Å². The zero-order valence-corrected chi connectivity index (χ0v) is 15.0. The lowest BCUT2D eigenvalue weighted by Crippen LogP contribution is -2.26. The Morgan fingerprint density at radius 2 is 2.24 bits per heavy atom. The summed E-state index contributed by atoms with van der Waals surface area (Å²) in [6.45, 7) is 2.13. The van der Waals surface area contributed by atoms with E-state index in [4.69, 9.17) is 4.74 Å². The molecule has 1 unspecified atom stereocenters. The summed E-state index contributed by atoms with van der Waals surface area (Å²) in [6, 6.07) is 10.3. The zero-order valence-electron chi connectivity index (χ0n) is 14.1. The van der Waals surface area contributed by atoms with Crippen LogP contribution in [0.1, 0.15) is 24.8 Å². The number of hydrogen-bond acceptors (Lipinski definition) is 6. The van der Waals surface area contributed by atoms with Crippen LogP contribution in [0.2, 0.25) is 0 Å². The maximum atomic E-state index is 12.0. The van der Waals surface area contributed by atoms with Crippen molar-refractivity contribution in [2.45, 2.75) is 43.5 Å². The number of hydrogen-bond donors (Lipinski definition) is 1. The second-order valence-corrected chi connectivity index (χ2v) is 6.95. The number of tetrazole rings is 1. The molecule has 1 atom stereocenters. The Kier molecular flexibility index (Phi) is 6.81. The van der Waals surface area contributed by atoms with Crippen LogP contribution in [0.25, 0.3) is 0 Å². The summed E-state index contributed by atoms with van der Waals surface area (Å²) >= 11 is 1.36. The Morgan fingerprint density at radius 3 is 3.04 bits per heavy atom. The molecule has 134 valence electrons. The monoisotopic (exact) mass is 361 g/mol. The molecule has 1 aliphatic rings. The van der Waals surface area contributed by atoms with E-state index in [2.05, 4.69) is 33.0 Å². The molecule has 0 bridgehead atoms. The van der Waals surface area contributed by atoms with E-state index in [-0.39, 0.29) is 12.0 Å². The second kappa shape index (κ2) is 9.53. The fourth-order valence-electron chi connectivity index (χ4n) is 2.74. The molecule has 1 N–H and O–H groups in total. The van der Waals surface area contributed by atoms with Gasteiger partial charge in [-0.3, -0.25) is 4.79 Å². The lowest BCUT2D eigenvalue weighted by atomic mass is 10.1. The fraction of sp³-hybridized carbons (Fsp3) is 0.529. The summed E-state index contributed by atoms with van der Waals surface area (Å²) in [5.41, 5.74) is 1.29. The standard InChI is InChI=1S/C17H23N5O2S/c23-16(18-10-4-8-14-6-2-1-3-7-14)13-25-17-19-20-21-22(17)12-15-9-5-11-24-15/h1-3,6-7,15H,4-5,8-13H2,(H,18,23). The van der Waals surface area contributed by atoms with E-state index in [1.165, 1.54) is 17.3 Å². The molecule has 8 heteroatoms. The highest BCUT2D eigenvalue weighted by Crippen LogP contribution is 2.18. The molecule has 2 heterocycles. The van der Waals surface area contributed by atoms with Crippen LogP contribution in [-0.4, -0.2) is 51.1 Å². The van der Waals surface area contributed by atoms with Crippen molar-refractivity contribution < 1.29 is 9.53 Å². The third kappa shape index (κ3) is 5.82. The summed E-state index contributed by atoms with van der Waals surface area (Å²) in [4.78, 5) is 12.0. The van der Waals surface area contributed by atoms with Crippen molar-refractivity contribution in [2.75, 3.05) is 18.9 Å². The van der Waals surface area contributed by atoms with Crippen LogP contribution in [0.3, 0.4) is 0 Å². The van der Waals surface area contributed by atoms with Crippen LogP contribution < -0.4 is 5.32 Å². The van der Waals surface area contributed by atoms with E-state index >= 15 is 0 Å². The number of carbonyl (C=O) groups excluding carboxylic acids is 1. The summed E-state index contributed by atoms with van der Waals surface area (Å²) in [5, 5.41) is 15.3. The van der Waals surface area contributed by atoms with E-state index < -0.39 is 0 Å². The van der Waals surface area contributed by atoms with Crippen molar-refractivity contribution in [3.63, 3.8) is 0 Å². The molecule has 1 saturated heterocycles. The number of ether oxygens (including phenoxy) is 1. The molecule has 1 aliphatic heterocycles. The van der Waals surface area contributed by atoms with Gasteiger partial charge in [0.25, 0.3) is 0 Å². The van der Waals surface area contributed by atoms with E-state index in [9.17, 15) is 4.79 Å². The number of nitrogens with zero attached hydrogens (tertiary/aromatic N) is 4. The molecule has 1 aromatic carbocycles. The van der Waals surface area contributed by atoms with Gasteiger partial charge in [-0.15, -0.1) is 5.10 Å². The average molecular weight is 361 g/mol. The summed E-state index contributed by atoms with van der Waals surface area (Å²) in [7, 11) is 0. The lowest BCUT2D eigenvalue weighted by molar-refractivity contribution is -0.118. The molecule has 0 saturated carbocycles. The largest absolute Gasteiger partial charge is 0.376 e. The van der Waals surface area contributed by atoms with E-state index in [1.54, 1.807) is 4.68 Å². The van der Waals surface area contributed by atoms with E-state index in [0.29, 0.717) is 24.0 Å². The smallest absolute Gasteiger partial charge is 0.230 e. The van der Waals surface area contributed by atoms with Crippen molar-refractivity contribution in [3.05, 3.63) is 35.9 Å². The number of thioether (sulfide) groups is 1. The summed E-state index contributed by atoms with van der Waals surface area (Å²) in [6.07, 6.45) is 4.19. The predicted molar refractivity (Wildman–Crippen MR) is 95.3 cm³/mol. The van der Waals surface area contributed by atoms with Gasteiger partial charge in [-0.1, -0.05) is 42.1 Å². The minimum Gasteiger partial charge on any atom is -0.376 e. The molecule has 1 fully saturated rings. The highest BCUT2D eigenvalue weighted by molar-refractivity contribution is 7.99.